The second-order valence-electron chi connectivity index (χ2n) is 7.81. The number of rotatable bonds is 4. The van der Waals surface area contributed by atoms with Crippen LogP contribution in [-0.2, 0) is 0 Å². The summed E-state index contributed by atoms with van der Waals surface area (Å²) >= 11 is 0. The molecule has 2 fully saturated rings. The van der Waals surface area contributed by atoms with Crippen molar-refractivity contribution >= 4 is 0 Å². The Hall–Kier alpha value is -0.340. The van der Waals surface area contributed by atoms with Crippen LogP contribution in [0.1, 0.15) is 66.2 Å². The standard InChI is InChI=1S/C18H34N2/c1-15(2)8-12-20-13-9-16(10-14-20)19-17-7-5-6-11-18(17,3)4/h8,16-17,19H,5-7,9-14H2,1-4H3. The Morgan fingerprint density at radius 2 is 1.85 bits per heavy atom. The van der Waals surface area contributed by atoms with Gasteiger partial charge in [-0.2, -0.15) is 0 Å². The van der Waals surface area contributed by atoms with Crippen molar-refractivity contribution in [2.24, 2.45) is 5.41 Å². The quantitative estimate of drug-likeness (QED) is 0.783. The molecule has 2 nitrogen and oxygen atoms in total. The fraction of sp³-hybridized carbons (Fsp3) is 0.889. The molecule has 0 radical (unpaired) electrons. The monoisotopic (exact) mass is 278 g/mol. The second kappa shape index (κ2) is 7.09. The van der Waals surface area contributed by atoms with Gasteiger partial charge in [0.2, 0.25) is 0 Å². The van der Waals surface area contributed by atoms with Gasteiger partial charge in [0.05, 0.1) is 0 Å². The molecule has 1 heterocycles. The van der Waals surface area contributed by atoms with Gasteiger partial charge >= 0.3 is 0 Å². The topological polar surface area (TPSA) is 15.3 Å². The SMILES string of the molecule is CC(C)=CCN1CCC(NC2CCCCC2(C)C)CC1. The third kappa shape index (κ3) is 4.60. The zero-order valence-corrected chi connectivity index (χ0v) is 14.0. The lowest BCUT2D eigenvalue weighted by Crippen LogP contribution is -2.51. The van der Waals surface area contributed by atoms with Gasteiger partial charge in [0.25, 0.3) is 0 Å². The van der Waals surface area contributed by atoms with E-state index in [1.807, 2.05) is 0 Å². The third-order valence-electron chi connectivity index (χ3n) is 5.29. The summed E-state index contributed by atoms with van der Waals surface area (Å²) in [4.78, 5) is 2.59. The van der Waals surface area contributed by atoms with E-state index in [1.165, 1.54) is 57.2 Å². The molecular weight excluding hydrogens is 244 g/mol. The van der Waals surface area contributed by atoms with Gasteiger partial charge in [-0.05, 0) is 58.0 Å². The number of likely N-dealkylation sites (tertiary alicyclic amines) is 1. The smallest absolute Gasteiger partial charge is 0.0165 e. The highest BCUT2D eigenvalue weighted by atomic mass is 15.1. The summed E-state index contributed by atoms with van der Waals surface area (Å²) in [5, 5.41) is 3.99. The van der Waals surface area contributed by atoms with Gasteiger partial charge in [0.1, 0.15) is 0 Å². The molecule has 116 valence electrons. The molecule has 1 unspecified atom stereocenters. The van der Waals surface area contributed by atoms with Gasteiger partial charge in [0.15, 0.2) is 0 Å². The summed E-state index contributed by atoms with van der Waals surface area (Å²) < 4.78 is 0. The van der Waals surface area contributed by atoms with Gasteiger partial charge < -0.3 is 5.32 Å². The fourth-order valence-electron chi connectivity index (χ4n) is 3.68. The summed E-state index contributed by atoms with van der Waals surface area (Å²) in [6.45, 7) is 13.0. The molecule has 1 saturated heterocycles. The zero-order valence-electron chi connectivity index (χ0n) is 14.0. The fourth-order valence-corrected chi connectivity index (χ4v) is 3.68. The molecule has 1 atom stereocenters. The maximum Gasteiger partial charge on any atom is 0.0165 e. The molecule has 0 amide bonds. The minimum Gasteiger partial charge on any atom is -0.311 e. The Morgan fingerprint density at radius 1 is 1.15 bits per heavy atom. The summed E-state index contributed by atoms with van der Waals surface area (Å²) in [7, 11) is 0. The Labute approximate surface area is 126 Å². The second-order valence-corrected chi connectivity index (χ2v) is 7.81. The van der Waals surface area contributed by atoms with Crippen molar-refractivity contribution in [1.29, 1.82) is 0 Å². The Morgan fingerprint density at radius 3 is 2.45 bits per heavy atom. The maximum absolute atomic E-state index is 3.99. The van der Waals surface area contributed by atoms with Crippen LogP contribution in [0.25, 0.3) is 0 Å². The number of allylic oxidation sites excluding steroid dienone is 1. The molecule has 0 aromatic heterocycles. The zero-order chi connectivity index (χ0) is 14.6. The molecule has 1 aliphatic heterocycles. The first-order chi connectivity index (χ1) is 9.47. The van der Waals surface area contributed by atoms with Crippen LogP contribution in [0.5, 0.6) is 0 Å². The lowest BCUT2D eigenvalue weighted by atomic mass is 9.73. The first-order valence-electron chi connectivity index (χ1n) is 8.59. The van der Waals surface area contributed by atoms with Crippen LogP contribution in [0.15, 0.2) is 11.6 Å². The van der Waals surface area contributed by atoms with Crippen LogP contribution in [0.3, 0.4) is 0 Å². The first kappa shape index (κ1) is 16.0. The Kier molecular flexibility index (Phi) is 5.68. The normalized spacial score (nSPS) is 28.3. The van der Waals surface area contributed by atoms with Crippen LogP contribution in [0.4, 0.5) is 0 Å². The largest absolute Gasteiger partial charge is 0.311 e. The van der Waals surface area contributed by atoms with E-state index >= 15 is 0 Å². The van der Waals surface area contributed by atoms with E-state index in [4.69, 9.17) is 0 Å². The number of hydrogen-bond donors (Lipinski definition) is 1. The maximum atomic E-state index is 3.99. The average Bonchev–Trinajstić information content (AvgIpc) is 2.40. The third-order valence-corrected chi connectivity index (χ3v) is 5.29. The molecule has 2 aliphatic rings. The van der Waals surface area contributed by atoms with Gasteiger partial charge in [0, 0.05) is 18.6 Å². The van der Waals surface area contributed by atoms with Crippen molar-refractivity contribution in [2.75, 3.05) is 19.6 Å². The van der Waals surface area contributed by atoms with E-state index in [-0.39, 0.29) is 0 Å². The van der Waals surface area contributed by atoms with Crippen molar-refractivity contribution in [1.82, 2.24) is 10.2 Å². The predicted molar refractivity (Wildman–Crippen MR) is 88.1 cm³/mol. The average molecular weight is 278 g/mol. The van der Waals surface area contributed by atoms with E-state index in [9.17, 15) is 0 Å². The molecule has 1 N–H and O–H groups in total. The Balaban J connectivity index is 1.75. The predicted octanol–water partition coefficient (Wildman–Crippen LogP) is 3.98. The van der Waals surface area contributed by atoms with E-state index in [1.54, 1.807) is 0 Å². The van der Waals surface area contributed by atoms with Crippen LogP contribution < -0.4 is 5.32 Å². The van der Waals surface area contributed by atoms with Crippen LogP contribution in [0.2, 0.25) is 0 Å². The Bertz CT molecular complexity index is 320. The first-order valence-corrected chi connectivity index (χ1v) is 8.59. The van der Waals surface area contributed by atoms with E-state index in [2.05, 4.69) is 44.0 Å². The van der Waals surface area contributed by atoms with Gasteiger partial charge in [-0.3, -0.25) is 4.90 Å². The molecule has 2 rings (SSSR count). The van der Waals surface area contributed by atoms with Crippen molar-refractivity contribution in [3.8, 4) is 0 Å². The van der Waals surface area contributed by atoms with Crippen LogP contribution in [0, 0.1) is 5.41 Å². The lowest BCUT2D eigenvalue weighted by Gasteiger charge is -2.43. The summed E-state index contributed by atoms with van der Waals surface area (Å²) in [6, 6.07) is 1.49. The highest BCUT2D eigenvalue weighted by molar-refractivity contribution is 4.96. The molecule has 1 saturated carbocycles. The minimum atomic E-state index is 0.497. The number of hydrogen-bond acceptors (Lipinski definition) is 2. The van der Waals surface area contributed by atoms with Gasteiger partial charge in [-0.15, -0.1) is 0 Å². The van der Waals surface area contributed by atoms with Crippen LogP contribution >= 0.6 is 0 Å². The van der Waals surface area contributed by atoms with Crippen LogP contribution in [-0.4, -0.2) is 36.6 Å². The highest BCUT2D eigenvalue weighted by Crippen LogP contribution is 2.36. The molecule has 2 heteroatoms. The van der Waals surface area contributed by atoms with E-state index < -0.39 is 0 Å². The summed E-state index contributed by atoms with van der Waals surface area (Å²) in [5.41, 5.74) is 1.94. The number of piperidine rings is 1. The van der Waals surface area contributed by atoms with Gasteiger partial charge in [-0.25, -0.2) is 0 Å². The molecular formula is C18H34N2. The minimum absolute atomic E-state index is 0.497. The molecule has 20 heavy (non-hydrogen) atoms. The van der Waals surface area contributed by atoms with E-state index in [0.29, 0.717) is 5.41 Å². The molecule has 1 aliphatic carbocycles. The summed E-state index contributed by atoms with van der Waals surface area (Å²) in [6.07, 6.45) is 10.6. The van der Waals surface area contributed by atoms with Crippen molar-refractivity contribution in [2.45, 2.75) is 78.3 Å². The lowest BCUT2D eigenvalue weighted by molar-refractivity contribution is 0.130. The number of nitrogens with one attached hydrogen (secondary N) is 1. The summed E-state index contributed by atoms with van der Waals surface area (Å²) in [5.74, 6) is 0. The van der Waals surface area contributed by atoms with Gasteiger partial charge in [-0.1, -0.05) is 38.3 Å². The van der Waals surface area contributed by atoms with Crippen molar-refractivity contribution < 1.29 is 0 Å². The molecule has 0 bridgehead atoms. The molecule has 0 spiro atoms. The molecule has 0 aromatic carbocycles. The molecule has 0 aromatic rings. The highest BCUT2D eigenvalue weighted by Gasteiger charge is 2.33. The van der Waals surface area contributed by atoms with Crippen molar-refractivity contribution in [3.05, 3.63) is 11.6 Å². The number of nitrogens with zero attached hydrogens (tertiary/aromatic N) is 1. The van der Waals surface area contributed by atoms with E-state index in [0.717, 1.165) is 18.6 Å². The van der Waals surface area contributed by atoms with Crippen molar-refractivity contribution in [3.63, 3.8) is 0 Å².